The van der Waals surface area contributed by atoms with Crippen LogP contribution >= 0.6 is 11.3 Å². The normalized spacial score (nSPS) is 12.9. The molecule has 2 heterocycles. The number of unbranched alkanes of at least 4 members (excludes halogenated alkanes) is 1. The first-order valence-corrected chi connectivity index (χ1v) is 10.1. The van der Waals surface area contributed by atoms with Crippen molar-refractivity contribution in [2.24, 2.45) is 0 Å². The lowest BCUT2D eigenvalue weighted by molar-refractivity contribution is 0.0628. The summed E-state index contributed by atoms with van der Waals surface area (Å²) in [5.74, 6) is 1.15. The van der Waals surface area contributed by atoms with Gasteiger partial charge in [0.1, 0.15) is 11.5 Å². The minimum atomic E-state index is -1.42. The number of carbonyl (C=O) groups excluding carboxylic acids is 1. The van der Waals surface area contributed by atoms with E-state index in [1.54, 1.807) is 24.3 Å². The Morgan fingerprint density at radius 2 is 2.04 bits per heavy atom. The highest BCUT2D eigenvalue weighted by molar-refractivity contribution is 7.10. The molecule has 3 aromatic rings. The Bertz CT molecular complexity index is 811. The van der Waals surface area contributed by atoms with Gasteiger partial charge in [-0.25, -0.2) is 4.79 Å². The molecule has 3 rings (SSSR count). The minimum Gasteiger partial charge on any atom is -0.494 e. The van der Waals surface area contributed by atoms with Crippen molar-refractivity contribution in [2.75, 3.05) is 18.5 Å². The van der Waals surface area contributed by atoms with Crippen LogP contribution in [0.2, 0.25) is 0 Å². The average Bonchev–Trinajstić information content (AvgIpc) is 3.42. The molecule has 0 aliphatic heterocycles. The number of rotatable bonds is 9. The molecule has 0 spiro atoms. The number of furan rings is 1. The van der Waals surface area contributed by atoms with E-state index in [4.69, 9.17) is 9.15 Å². The van der Waals surface area contributed by atoms with Crippen LogP contribution in [0.5, 0.6) is 5.75 Å². The summed E-state index contributed by atoms with van der Waals surface area (Å²) in [6.45, 7) is 2.77. The van der Waals surface area contributed by atoms with Crippen LogP contribution in [-0.4, -0.2) is 24.3 Å². The quantitative estimate of drug-likeness (QED) is 0.459. The van der Waals surface area contributed by atoms with Crippen molar-refractivity contribution in [3.05, 3.63) is 70.8 Å². The second kappa shape index (κ2) is 9.43. The number of aliphatic hydroxyl groups is 1. The molecule has 148 valence electrons. The fourth-order valence-electron chi connectivity index (χ4n) is 2.68. The first-order chi connectivity index (χ1) is 13.6. The van der Waals surface area contributed by atoms with Gasteiger partial charge in [-0.15, -0.1) is 11.3 Å². The number of hydrogen-bond acceptors (Lipinski definition) is 5. The van der Waals surface area contributed by atoms with Gasteiger partial charge in [-0.1, -0.05) is 19.4 Å². The fourth-order valence-corrected chi connectivity index (χ4v) is 3.50. The molecule has 1 aromatic carbocycles. The molecule has 6 nitrogen and oxygen atoms in total. The van der Waals surface area contributed by atoms with Crippen LogP contribution in [-0.2, 0) is 5.60 Å². The van der Waals surface area contributed by atoms with Gasteiger partial charge < -0.3 is 24.9 Å². The summed E-state index contributed by atoms with van der Waals surface area (Å²) in [4.78, 5) is 13.0. The van der Waals surface area contributed by atoms with E-state index in [2.05, 4.69) is 17.6 Å². The van der Waals surface area contributed by atoms with Crippen molar-refractivity contribution in [2.45, 2.75) is 25.4 Å². The third-order valence-electron chi connectivity index (χ3n) is 4.24. The van der Waals surface area contributed by atoms with Crippen LogP contribution in [0, 0.1) is 0 Å². The van der Waals surface area contributed by atoms with Crippen LogP contribution in [0.15, 0.2) is 64.6 Å². The lowest BCUT2D eigenvalue weighted by atomic mass is 9.99. The van der Waals surface area contributed by atoms with Gasteiger partial charge in [0.15, 0.2) is 5.60 Å². The molecule has 0 bridgehead atoms. The Hall–Kier alpha value is -2.77. The Morgan fingerprint density at radius 3 is 2.68 bits per heavy atom. The Morgan fingerprint density at radius 1 is 1.21 bits per heavy atom. The van der Waals surface area contributed by atoms with Crippen LogP contribution in [0.3, 0.4) is 0 Å². The molecule has 28 heavy (non-hydrogen) atoms. The summed E-state index contributed by atoms with van der Waals surface area (Å²) in [6.07, 6.45) is 3.58. The average molecular weight is 401 g/mol. The van der Waals surface area contributed by atoms with Crippen molar-refractivity contribution in [3.63, 3.8) is 0 Å². The molecule has 0 saturated heterocycles. The van der Waals surface area contributed by atoms with E-state index in [9.17, 15) is 9.90 Å². The maximum Gasteiger partial charge on any atom is 0.319 e. The second-order valence-corrected chi connectivity index (χ2v) is 7.30. The van der Waals surface area contributed by atoms with Crippen molar-refractivity contribution in [3.8, 4) is 5.75 Å². The van der Waals surface area contributed by atoms with Gasteiger partial charge in [0.05, 0.1) is 19.4 Å². The summed E-state index contributed by atoms with van der Waals surface area (Å²) in [7, 11) is 0. The van der Waals surface area contributed by atoms with E-state index in [0.717, 1.165) is 18.6 Å². The largest absolute Gasteiger partial charge is 0.494 e. The number of hydrogen-bond donors (Lipinski definition) is 3. The van der Waals surface area contributed by atoms with Crippen molar-refractivity contribution in [1.82, 2.24) is 5.32 Å². The molecule has 0 radical (unpaired) electrons. The molecule has 0 aliphatic carbocycles. The van der Waals surface area contributed by atoms with Crippen LogP contribution in [0.1, 0.15) is 30.4 Å². The van der Waals surface area contributed by atoms with E-state index in [1.807, 2.05) is 29.6 Å². The summed E-state index contributed by atoms with van der Waals surface area (Å²) in [5.41, 5.74) is -0.788. The number of anilines is 1. The molecule has 0 saturated carbocycles. The number of amides is 2. The van der Waals surface area contributed by atoms with E-state index in [-0.39, 0.29) is 6.54 Å². The van der Waals surface area contributed by atoms with E-state index in [1.165, 1.54) is 17.6 Å². The van der Waals surface area contributed by atoms with Gasteiger partial charge in [0.25, 0.3) is 0 Å². The molecule has 2 amide bonds. The number of carbonyl (C=O) groups is 1. The van der Waals surface area contributed by atoms with Crippen molar-refractivity contribution >= 4 is 23.1 Å². The van der Waals surface area contributed by atoms with E-state index < -0.39 is 11.6 Å². The highest BCUT2D eigenvalue weighted by Gasteiger charge is 2.36. The molecular formula is C21H24N2O4S. The zero-order valence-corrected chi connectivity index (χ0v) is 16.5. The zero-order chi connectivity index (χ0) is 19.8. The zero-order valence-electron chi connectivity index (χ0n) is 15.7. The lowest BCUT2D eigenvalue weighted by Crippen LogP contribution is -2.42. The third kappa shape index (κ3) is 4.94. The second-order valence-electron chi connectivity index (χ2n) is 6.35. The maximum atomic E-state index is 12.3. The van der Waals surface area contributed by atoms with Crippen LogP contribution in [0.25, 0.3) is 0 Å². The van der Waals surface area contributed by atoms with Gasteiger partial charge in [0.2, 0.25) is 0 Å². The summed E-state index contributed by atoms with van der Waals surface area (Å²) in [5, 5.41) is 18.5. The molecule has 0 aliphatic rings. The van der Waals surface area contributed by atoms with Gasteiger partial charge in [-0.3, -0.25) is 0 Å². The van der Waals surface area contributed by atoms with Crippen LogP contribution in [0.4, 0.5) is 10.5 Å². The highest BCUT2D eigenvalue weighted by Crippen LogP contribution is 2.32. The van der Waals surface area contributed by atoms with Crippen LogP contribution < -0.4 is 15.4 Å². The van der Waals surface area contributed by atoms with Gasteiger partial charge in [0, 0.05) is 10.6 Å². The number of ether oxygens (including phenoxy) is 1. The SMILES string of the molecule is CCCCOc1ccc(NC(=O)NCC(O)(c2ccco2)c2cccs2)cc1. The van der Waals surface area contributed by atoms with E-state index in [0.29, 0.717) is 22.9 Å². The van der Waals surface area contributed by atoms with Gasteiger partial charge in [-0.05, 0) is 54.3 Å². The van der Waals surface area contributed by atoms with E-state index >= 15 is 0 Å². The standard InChI is InChI=1S/C21H24N2O4S/c1-2-3-12-26-17-10-8-16(9-11-17)23-20(24)22-15-21(25,18-6-4-13-27-18)19-7-5-14-28-19/h4-11,13-14,25H,2-3,12,15H2,1H3,(H2,22,23,24). The Labute approximate surface area is 168 Å². The Kier molecular flexibility index (Phi) is 6.73. The first kappa shape index (κ1) is 20.0. The molecule has 7 heteroatoms. The molecule has 2 aromatic heterocycles. The predicted molar refractivity (Wildman–Crippen MR) is 110 cm³/mol. The number of urea groups is 1. The van der Waals surface area contributed by atoms with Gasteiger partial charge >= 0.3 is 6.03 Å². The third-order valence-corrected chi connectivity index (χ3v) is 5.26. The van der Waals surface area contributed by atoms with Crippen molar-refractivity contribution in [1.29, 1.82) is 0 Å². The Balaban J connectivity index is 1.58. The molecule has 1 atom stereocenters. The highest BCUT2D eigenvalue weighted by atomic mass is 32.1. The monoisotopic (exact) mass is 400 g/mol. The molecule has 3 N–H and O–H groups in total. The molecule has 1 unspecified atom stereocenters. The number of benzene rings is 1. The molecular weight excluding hydrogens is 376 g/mol. The smallest absolute Gasteiger partial charge is 0.319 e. The fraction of sp³-hybridized carbons (Fsp3) is 0.286. The lowest BCUT2D eigenvalue weighted by Gasteiger charge is -2.25. The topological polar surface area (TPSA) is 83.7 Å². The van der Waals surface area contributed by atoms with Crippen molar-refractivity contribution < 1.29 is 19.1 Å². The summed E-state index contributed by atoms with van der Waals surface area (Å²) in [6, 6.07) is 13.8. The first-order valence-electron chi connectivity index (χ1n) is 9.20. The van der Waals surface area contributed by atoms with Gasteiger partial charge in [-0.2, -0.15) is 0 Å². The summed E-state index contributed by atoms with van der Waals surface area (Å²) < 4.78 is 11.0. The number of nitrogens with one attached hydrogen (secondary N) is 2. The summed E-state index contributed by atoms with van der Waals surface area (Å²) >= 11 is 1.40. The molecule has 0 fully saturated rings. The minimum absolute atomic E-state index is 0.0227. The predicted octanol–water partition coefficient (Wildman–Crippen LogP) is 4.58. The maximum absolute atomic E-state index is 12.3. The number of thiophene rings is 1.